The largest absolute Gasteiger partial charge is 0.320 e. The predicted molar refractivity (Wildman–Crippen MR) is 89.1 cm³/mol. The summed E-state index contributed by atoms with van der Waals surface area (Å²) in [6.45, 7) is 7.92. The lowest BCUT2D eigenvalue weighted by Gasteiger charge is -2.15. The highest BCUT2D eigenvalue weighted by atomic mass is 16.6. The van der Waals surface area contributed by atoms with E-state index in [0.717, 1.165) is 16.7 Å². The fourth-order valence-electron chi connectivity index (χ4n) is 2.52. The van der Waals surface area contributed by atoms with Crippen molar-refractivity contribution in [1.29, 1.82) is 0 Å². The van der Waals surface area contributed by atoms with Gasteiger partial charge in [-0.3, -0.25) is 10.1 Å². The second-order valence-electron chi connectivity index (χ2n) is 6.04. The van der Waals surface area contributed by atoms with Gasteiger partial charge in [-0.25, -0.2) is 0 Å². The van der Waals surface area contributed by atoms with Crippen molar-refractivity contribution in [3.63, 3.8) is 0 Å². The Hall–Kier alpha value is -2.20. The molecule has 0 aliphatic carbocycles. The molecular formula is C18H22N2O2. The van der Waals surface area contributed by atoms with Crippen molar-refractivity contribution in [3.05, 3.63) is 74.3 Å². The van der Waals surface area contributed by atoms with Gasteiger partial charge in [0.25, 0.3) is 5.69 Å². The van der Waals surface area contributed by atoms with Gasteiger partial charge >= 0.3 is 0 Å². The van der Waals surface area contributed by atoms with E-state index < -0.39 is 0 Å². The van der Waals surface area contributed by atoms with Crippen molar-refractivity contribution in [2.75, 3.05) is 0 Å². The van der Waals surface area contributed by atoms with Crippen LogP contribution in [-0.2, 0) is 0 Å². The van der Waals surface area contributed by atoms with Gasteiger partial charge in [0.05, 0.1) is 11.0 Å². The molecule has 0 aliphatic rings. The van der Waals surface area contributed by atoms with E-state index >= 15 is 0 Å². The van der Waals surface area contributed by atoms with E-state index in [1.165, 1.54) is 5.56 Å². The molecule has 0 saturated carbocycles. The quantitative estimate of drug-likeness (QED) is 0.672. The van der Waals surface area contributed by atoms with Gasteiger partial charge < -0.3 is 5.73 Å². The van der Waals surface area contributed by atoms with Crippen LogP contribution in [0.25, 0.3) is 0 Å². The maximum Gasteiger partial charge on any atom is 0.272 e. The number of benzene rings is 2. The first-order chi connectivity index (χ1) is 10.3. The summed E-state index contributed by atoms with van der Waals surface area (Å²) in [5.41, 5.74) is 11.0. The average molecular weight is 298 g/mol. The lowest BCUT2D eigenvalue weighted by atomic mass is 9.93. The first-order valence-corrected chi connectivity index (χ1v) is 7.42. The zero-order chi connectivity index (χ0) is 16.4. The van der Waals surface area contributed by atoms with Crippen LogP contribution in [0.5, 0.6) is 0 Å². The average Bonchev–Trinajstić information content (AvgIpc) is 2.48. The number of aryl methyl sites for hydroxylation is 1. The zero-order valence-electron chi connectivity index (χ0n) is 13.5. The molecule has 0 amide bonds. The minimum atomic E-state index is -0.362. The second-order valence-corrected chi connectivity index (χ2v) is 6.04. The highest BCUT2D eigenvalue weighted by Gasteiger charge is 2.18. The normalized spacial score (nSPS) is 12.5. The number of hydrogen-bond donors (Lipinski definition) is 1. The molecule has 0 spiro atoms. The number of hydrogen-bond acceptors (Lipinski definition) is 3. The third kappa shape index (κ3) is 3.17. The van der Waals surface area contributed by atoms with Crippen LogP contribution in [0.15, 0.2) is 36.4 Å². The van der Waals surface area contributed by atoms with Crippen LogP contribution in [0.4, 0.5) is 5.69 Å². The van der Waals surface area contributed by atoms with Crippen LogP contribution >= 0.6 is 0 Å². The Morgan fingerprint density at radius 1 is 1.00 bits per heavy atom. The maximum atomic E-state index is 11.2. The number of nitro groups is 1. The monoisotopic (exact) mass is 298 g/mol. The fourth-order valence-corrected chi connectivity index (χ4v) is 2.52. The van der Waals surface area contributed by atoms with Gasteiger partial charge in [0.2, 0.25) is 0 Å². The fraction of sp³-hybridized carbons (Fsp3) is 0.333. The Labute approximate surface area is 131 Å². The standard InChI is InChI=1S/C18H22N2O2/c1-11(2)14-5-7-15(8-6-14)18(19)16-9-12(3)13(4)17(10-16)20(21)22/h5-11,18H,19H2,1-4H3. The molecule has 116 valence electrons. The van der Waals surface area contributed by atoms with Gasteiger partial charge in [0.1, 0.15) is 0 Å². The minimum Gasteiger partial charge on any atom is -0.320 e. The number of nitro benzene ring substituents is 1. The van der Waals surface area contributed by atoms with Gasteiger partial charge in [-0.1, -0.05) is 44.2 Å². The van der Waals surface area contributed by atoms with E-state index in [-0.39, 0.29) is 16.7 Å². The number of nitrogens with zero attached hydrogens (tertiary/aromatic N) is 1. The molecule has 0 fully saturated rings. The Bertz CT molecular complexity index is 691. The Kier molecular flexibility index (Phi) is 4.62. The topological polar surface area (TPSA) is 69.2 Å². The number of nitrogens with two attached hydrogens (primary N) is 1. The molecule has 1 atom stereocenters. The van der Waals surface area contributed by atoms with Crippen molar-refractivity contribution < 1.29 is 4.92 Å². The molecule has 0 aliphatic heterocycles. The Balaban J connectivity index is 2.40. The summed E-state index contributed by atoms with van der Waals surface area (Å²) >= 11 is 0. The van der Waals surface area contributed by atoms with E-state index in [9.17, 15) is 10.1 Å². The van der Waals surface area contributed by atoms with Gasteiger partial charge in [0, 0.05) is 11.6 Å². The highest BCUT2D eigenvalue weighted by molar-refractivity contribution is 5.49. The smallest absolute Gasteiger partial charge is 0.272 e. The molecule has 4 nitrogen and oxygen atoms in total. The molecule has 22 heavy (non-hydrogen) atoms. The molecular weight excluding hydrogens is 276 g/mol. The van der Waals surface area contributed by atoms with Crippen LogP contribution in [-0.4, -0.2) is 4.92 Å². The van der Waals surface area contributed by atoms with Crippen molar-refractivity contribution in [1.82, 2.24) is 0 Å². The third-order valence-corrected chi connectivity index (χ3v) is 4.18. The molecule has 1 unspecified atom stereocenters. The summed E-state index contributed by atoms with van der Waals surface area (Å²) in [7, 11) is 0. The lowest BCUT2D eigenvalue weighted by Crippen LogP contribution is -2.13. The first kappa shape index (κ1) is 16.2. The molecule has 0 aromatic heterocycles. The van der Waals surface area contributed by atoms with Crippen molar-refractivity contribution in [2.24, 2.45) is 5.73 Å². The minimum absolute atomic E-state index is 0.129. The van der Waals surface area contributed by atoms with E-state index in [2.05, 4.69) is 26.0 Å². The van der Waals surface area contributed by atoms with Crippen LogP contribution in [0.3, 0.4) is 0 Å². The van der Waals surface area contributed by atoms with Crippen LogP contribution in [0.2, 0.25) is 0 Å². The van der Waals surface area contributed by atoms with Crippen LogP contribution < -0.4 is 5.73 Å². The van der Waals surface area contributed by atoms with Crippen molar-refractivity contribution in [2.45, 2.75) is 39.7 Å². The number of rotatable bonds is 4. The summed E-state index contributed by atoms with van der Waals surface area (Å²) in [6.07, 6.45) is 0. The summed E-state index contributed by atoms with van der Waals surface area (Å²) in [5, 5.41) is 11.2. The van der Waals surface area contributed by atoms with E-state index in [1.807, 2.05) is 25.1 Å². The van der Waals surface area contributed by atoms with Gasteiger partial charge in [-0.05, 0) is 42.0 Å². The SMILES string of the molecule is Cc1cc(C(N)c2ccc(C(C)C)cc2)cc([N+](=O)[O-])c1C. The molecule has 2 N–H and O–H groups in total. The Morgan fingerprint density at radius 2 is 1.55 bits per heavy atom. The maximum absolute atomic E-state index is 11.2. The highest BCUT2D eigenvalue weighted by Crippen LogP contribution is 2.29. The molecule has 0 radical (unpaired) electrons. The first-order valence-electron chi connectivity index (χ1n) is 7.42. The van der Waals surface area contributed by atoms with Gasteiger partial charge in [-0.2, -0.15) is 0 Å². The lowest BCUT2D eigenvalue weighted by molar-refractivity contribution is -0.385. The molecule has 0 saturated heterocycles. The summed E-state index contributed by atoms with van der Waals surface area (Å²) in [6, 6.07) is 11.3. The van der Waals surface area contributed by atoms with Gasteiger partial charge in [-0.15, -0.1) is 0 Å². The zero-order valence-corrected chi connectivity index (χ0v) is 13.5. The van der Waals surface area contributed by atoms with Crippen LogP contribution in [0, 0.1) is 24.0 Å². The summed E-state index contributed by atoms with van der Waals surface area (Å²) in [5.74, 6) is 0.466. The van der Waals surface area contributed by atoms with Crippen molar-refractivity contribution in [3.8, 4) is 0 Å². The summed E-state index contributed by atoms with van der Waals surface area (Å²) < 4.78 is 0. The molecule has 2 rings (SSSR count). The van der Waals surface area contributed by atoms with Crippen LogP contribution in [0.1, 0.15) is 53.6 Å². The second kappa shape index (κ2) is 6.28. The van der Waals surface area contributed by atoms with Crippen molar-refractivity contribution >= 4 is 5.69 Å². The molecule has 0 bridgehead atoms. The van der Waals surface area contributed by atoms with E-state index in [1.54, 1.807) is 13.0 Å². The van der Waals surface area contributed by atoms with E-state index in [0.29, 0.717) is 11.5 Å². The van der Waals surface area contributed by atoms with Gasteiger partial charge in [0.15, 0.2) is 0 Å². The third-order valence-electron chi connectivity index (χ3n) is 4.18. The molecule has 2 aromatic carbocycles. The molecule has 4 heteroatoms. The Morgan fingerprint density at radius 3 is 2.05 bits per heavy atom. The molecule has 2 aromatic rings. The predicted octanol–water partition coefficient (Wildman–Crippen LogP) is 4.38. The molecule has 0 heterocycles. The summed E-state index contributed by atoms with van der Waals surface area (Å²) in [4.78, 5) is 10.8. The van der Waals surface area contributed by atoms with E-state index in [4.69, 9.17) is 5.73 Å².